The number of fused-ring (bicyclic) bond motifs is 2. The zero-order valence-electron chi connectivity index (χ0n) is 15.8. The Morgan fingerprint density at radius 2 is 1.67 bits per heavy atom. The van der Waals surface area contributed by atoms with Gasteiger partial charge in [-0.05, 0) is 50.2 Å². The van der Waals surface area contributed by atoms with Crippen molar-refractivity contribution in [3.05, 3.63) is 41.1 Å². The van der Waals surface area contributed by atoms with Crippen molar-refractivity contribution in [2.24, 2.45) is 0 Å². The average Bonchev–Trinajstić information content (AvgIpc) is 2.70. The van der Waals surface area contributed by atoms with Crippen molar-refractivity contribution in [1.29, 1.82) is 0 Å². The maximum Gasteiger partial charge on any atom is 0.243 e. The Labute approximate surface area is 160 Å². The van der Waals surface area contributed by atoms with Crippen molar-refractivity contribution in [2.75, 3.05) is 0 Å². The molecule has 1 amide bonds. The van der Waals surface area contributed by atoms with Gasteiger partial charge in [0.05, 0.1) is 5.52 Å². The molecule has 0 bridgehead atoms. The number of nitrogens with one attached hydrogen (secondary N) is 1. The SMILES string of the molecule is O=C(CCCCCCCC(=O)c1c2c(nc3ccccc13)CCCC2)NO. The summed E-state index contributed by atoms with van der Waals surface area (Å²) in [4.78, 5) is 28.8. The third-order valence-corrected chi connectivity index (χ3v) is 5.38. The number of hydrogen-bond donors (Lipinski definition) is 2. The maximum atomic E-state index is 13.0. The van der Waals surface area contributed by atoms with Gasteiger partial charge >= 0.3 is 0 Å². The topological polar surface area (TPSA) is 79.3 Å². The fourth-order valence-corrected chi connectivity index (χ4v) is 3.97. The van der Waals surface area contributed by atoms with Gasteiger partial charge in [0.15, 0.2) is 5.78 Å². The molecule has 0 fully saturated rings. The van der Waals surface area contributed by atoms with E-state index in [0.29, 0.717) is 12.8 Å². The molecule has 0 aliphatic heterocycles. The number of carbonyl (C=O) groups excluding carboxylic acids is 2. The summed E-state index contributed by atoms with van der Waals surface area (Å²) in [5, 5.41) is 9.46. The second kappa shape index (κ2) is 9.60. The highest BCUT2D eigenvalue weighted by Gasteiger charge is 2.21. The van der Waals surface area contributed by atoms with E-state index < -0.39 is 0 Å². The molecule has 27 heavy (non-hydrogen) atoms. The first-order valence-corrected chi connectivity index (χ1v) is 10.1. The van der Waals surface area contributed by atoms with E-state index in [-0.39, 0.29) is 11.7 Å². The highest BCUT2D eigenvalue weighted by atomic mass is 16.5. The number of carbonyl (C=O) groups is 2. The Morgan fingerprint density at radius 1 is 0.963 bits per heavy atom. The van der Waals surface area contributed by atoms with Gasteiger partial charge in [-0.25, -0.2) is 5.48 Å². The van der Waals surface area contributed by atoms with Crippen molar-refractivity contribution in [2.45, 2.75) is 70.6 Å². The van der Waals surface area contributed by atoms with E-state index >= 15 is 0 Å². The number of nitrogens with zero attached hydrogens (tertiary/aromatic N) is 1. The molecule has 1 aliphatic carbocycles. The van der Waals surface area contributed by atoms with E-state index in [9.17, 15) is 9.59 Å². The first kappa shape index (κ1) is 19.5. The summed E-state index contributed by atoms with van der Waals surface area (Å²) in [6, 6.07) is 7.99. The zero-order valence-corrected chi connectivity index (χ0v) is 15.8. The van der Waals surface area contributed by atoms with Crippen LogP contribution in [-0.4, -0.2) is 21.9 Å². The molecule has 5 nitrogen and oxygen atoms in total. The molecule has 5 heteroatoms. The van der Waals surface area contributed by atoms with Crippen molar-refractivity contribution in [3.8, 4) is 0 Å². The summed E-state index contributed by atoms with van der Waals surface area (Å²) >= 11 is 0. The summed E-state index contributed by atoms with van der Waals surface area (Å²) in [5.74, 6) is -0.0917. The maximum absolute atomic E-state index is 13.0. The van der Waals surface area contributed by atoms with Gasteiger partial charge in [-0.2, -0.15) is 0 Å². The number of para-hydroxylation sites is 1. The fourth-order valence-electron chi connectivity index (χ4n) is 3.97. The van der Waals surface area contributed by atoms with Crippen molar-refractivity contribution in [3.63, 3.8) is 0 Å². The Morgan fingerprint density at radius 3 is 2.48 bits per heavy atom. The third-order valence-electron chi connectivity index (χ3n) is 5.38. The molecule has 3 rings (SSSR count). The molecule has 1 heterocycles. The Kier molecular flexibility index (Phi) is 6.93. The highest BCUT2D eigenvalue weighted by molar-refractivity contribution is 6.08. The van der Waals surface area contributed by atoms with Crippen molar-refractivity contribution < 1.29 is 14.8 Å². The first-order chi connectivity index (χ1) is 13.2. The lowest BCUT2D eigenvalue weighted by Gasteiger charge is -2.20. The number of aryl methyl sites for hydroxylation is 1. The minimum absolute atomic E-state index is 0.242. The summed E-state index contributed by atoms with van der Waals surface area (Å²) in [7, 11) is 0. The molecule has 0 radical (unpaired) electrons. The largest absolute Gasteiger partial charge is 0.294 e. The summed E-state index contributed by atoms with van der Waals surface area (Å²) < 4.78 is 0. The molecule has 0 saturated heterocycles. The average molecular weight is 368 g/mol. The lowest BCUT2D eigenvalue weighted by molar-refractivity contribution is -0.129. The molecule has 144 valence electrons. The number of rotatable bonds is 9. The van der Waals surface area contributed by atoms with E-state index in [1.165, 1.54) is 5.56 Å². The van der Waals surface area contributed by atoms with Crippen molar-refractivity contribution in [1.82, 2.24) is 10.5 Å². The van der Waals surface area contributed by atoms with Crippen LogP contribution in [0.3, 0.4) is 0 Å². The second-order valence-electron chi connectivity index (χ2n) is 7.36. The highest BCUT2D eigenvalue weighted by Crippen LogP contribution is 2.30. The van der Waals surface area contributed by atoms with Gasteiger partial charge in [0.25, 0.3) is 0 Å². The van der Waals surface area contributed by atoms with Gasteiger partial charge in [0.2, 0.25) is 5.91 Å². The number of benzene rings is 1. The van der Waals surface area contributed by atoms with Crippen LogP contribution in [0.2, 0.25) is 0 Å². The van der Waals surface area contributed by atoms with E-state index in [2.05, 4.69) is 0 Å². The van der Waals surface area contributed by atoms with Gasteiger partial charge in [-0.3, -0.25) is 19.8 Å². The van der Waals surface area contributed by atoms with Crippen LogP contribution in [-0.2, 0) is 17.6 Å². The summed E-state index contributed by atoms with van der Waals surface area (Å²) in [5.41, 5.74) is 5.79. The Bertz CT molecular complexity index is 817. The number of unbranched alkanes of at least 4 members (excludes halogenated alkanes) is 4. The Balaban J connectivity index is 1.60. The van der Waals surface area contributed by atoms with Gasteiger partial charge < -0.3 is 0 Å². The van der Waals surface area contributed by atoms with Crippen LogP contribution in [0, 0.1) is 0 Å². The Hall–Kier alpha value is -2.27. The van der Waals surface area contributed by atoms with E-state index in [1.54, 1.807) is 5.48 Å². The zero-order chi connectivity index (χ0) is 19.1. The molecule has 0 spiro atoms. The quantitative estimate of drug-likeness (QED) is 0.295. The number of aromatic nitrogens is 1. The summed E-state index contributed by atoms with van der Waals surface area (Å²) in [6.07, 6.45) is 9.70. The molecule has 2 N–H and O–H groups in total. The van der Waals surface area contributed by atoms with Gasteiger partial charge in [0, 0.05) is 29.5 Å². The second-order valence-corrected chi connectivity index (χ2v) is 7.36. The molecule has 1 aromatic carbocycles. The molecular formula is C22H28N2O3. The number of ketones is 1. The number of amides is 1. The van der Waals surface area contributed by atoms with Crippen LogP contribution in [0.4, 0.5) is 0 Å². The van der Waals surface area contributed by atoms with E-state index in [4.69, 9.17) is 10.2 Å². The summed E-state index contributed by atoms with van der Waals surface area (Å²) in [6.45, 7) is 0. The number of hydrogen-bond acceptors (Lipinski definition) is 4. The standard InChI is InChI=1S/C22H28N2O3/c25-20(14-4-2-1-3-5-15-21(26)24-27)22-16-10-6-8-12-18(16)23-19-13-9-7-11-17(19)22/h6,8,10,12,27H,1-5,7,9,11,13-15H2,(H,24,26). The molecule has 2 aromatic rings. The first-order valence-electron chi connectivity index (χ1n) is 10.1. The molecule has 1 aliphatic rings. The number of hydroxylamine groups is 1. The number of pyridine rings is 1. The van der Waals surface area contributed by atoms with Crippen LogP contribution in [0.5, 0.6) is 0 Å². The predicted octanol–water partition coefficient (Wildman–Crippen LogP) is 4.53. The van der Waals surface area contributed by atoms with Crippen LogP contribution in [0.1, 0.15) is 79.4 Å². The van der Waals surface area contributed by atoms with Crippen LogP contribution in [0.25, 0.3) is 10.9 Å². The van der Waals surface area contributed by atoms with Gasteiger partial charge in [0.1, 0.15) is 0 Å². The molecule has 0 atom stereocenters. The molecular weight excluding hydrogens is 340 g/mol. The smallest absolute Gasteiger partial charge is 0.243 e. The normalized spacial score (nSPS) is 13.4. The predicted molar refractivity (Wildman–Crippen MR) is 105 cm³/mol. The lowest BCUT2D eigenvalue weighted by Crippen LogP contribution is -2.17. The molecule has 0 unspecified atom stereocenters. The number of Topliss-reactive ketones (excluding diaryl/α,β-unsaturated/α-hetero) is 1. The fraction of sp³-hybridized carbons (Fsp3) is 0.500. The van der Waals surface area contributed by atoms with Crippen LogP contribution < -0.4 is 5.48 Å². The van der Waals surface area contributed by atoms with E-state index in [0.717, 1.165) is 79.9 Å². The minimum Gasteiger partial charge on any atom is -0.294 e. The van der Waals surface area contributed by atoms with E-state index in [1.807, 2.05) is 24.3 Å². The van der Waals surface area contributed by atoms with Gasteiger partial charge in [-0.15, -0.1) is 0 Å². The monoisotopic (exact) mass is 368 g/mol. The lowest BCUT2D eigenvalue weighted by atomic mass is 9.87. The molecule has 1 aromatic heterocycles. The third kappa shape index (κ3) is 4.92. The molecule has 0 saturated carbocycles. The van der Waals surface area contributed by atoms with Crippen molar-refractivity contribution >= 4 is 22.6 Å². The van der Waals surface area contributed by atoms with Gasteiger partial charge in [-0.1, -0.05) is 37.5 Å². The van der Waals surface area contributed by atoms with Crippen LogP contribution >= 0.6 is 0 Å². The van der Waals surface area contributed by atoms with Crippen LogP contribution in [0.15, 0.2) is 24.3 Å². The minimum atomic E-state index is -0.334.